The van der Waals surface area contributed by atoms with Crippen LogP contribution in [-0.4, -0.2) is 34.9 Å². The second kappa shape index (κ2) is 8.58. The van der Waals surface area contributed by atoms with Crippen LogP contribution >= 0.6 is 34.8 Å². The molecule has 2 aromatic rings. The zero-order chi connectivity index (χ0) is 19.4. The predicted octanol–water partition coefficient (Wildman–Crippen LogP) is 3.83. The molecule has 0 aliphatic carbocycles. The van der Waals surface area contributed by atoms with Crippen LogP contribution in [0.2, 0.25) is 15.2 Å². The molecule has 26 heavy (non-hydrogen) atoms. The average molecular weight is 417 g/mol. The highest BCUT2D eigenvalue weighted by molar-refractivity contribution is 6.46. The summed E-state index contributed by atoms with van der Waals surface area (Å²) in [6, 6.07) is 9.42. The van der Waals surface area contributed by atoms with Crippen LogP contribution in [-0.2, 0) is 16.1 Å². The van der Waals surface area contributed by atoms with E-state index in [1.54, 1.807) is 7.05 Å². The Balaban J connectivity index is 2.08. The first kappa shape index (κ1) is 20.3. The zero-order valence-corrected chi connectivity index (χ0v) is 16.3. The smallest absolute Gasteiger partial charge is 0.359 e. The Morgan fingerprint density at radius 2 is 1.81 bits per heavy atom. The van der Waals surface area contributed by atoms with Crippen LogP contribution in [0, 0.1) is 0 Å². The van der Waals surface area contributed by atoms with Crippen LogP contribution in [0.1, 0.15) is 23.0 Å². The number of nitrogens with zero attached hydrogens (tertiary/aromatic N) is 2. The van der Waals surface area contributed by atoms with Gasteiger partial charge in [0, 0.05) is 13.6 Å². The summed E-state index contributed by atoms with van der Waals surface area (Å²) in [6.07, 6.45) is -1.05. The van der Waals surface area contributed by atoms with Gasteiger partial charge in [0.15, 0.2) is 17.0 Å². The summed E-state index contributed by atoms with van der Waals surface area (Å²) in [7, 11) is 1.61. The summed E-state index contributed by atoms with van der Waals surface area (Å²) < 4.78 is 5.15. The van der Waals surface area contributed by atoms with Crippen molar-refractivity contribution in [3.63, 3.8) is 0 Å². The predicted molar refractivity (Wildman–Crippen MR) is 101 cm³/mol. The SMILES string of the molecule is CC(OC(=O)c1nc(Cl)c(Cl)c(N)c1Cl)C(=O)N(C)Cc1ccccc1. The number of ether oxygens (including phenoxy) is 1. The Bertz CT molecular complexity index is 831. The number of rotatable bonds is 5. The van der Waals surface area contributed by atoms with Gasteiger partial charge in [-0.2, -0.15) is 0 Å². The van der Waals surface area contributed by atoms with Gasteiger partial charge in [0.05, 0.1) is 10.7 Å². The van der Waals surface area contributed by atoms with Crippen molar-refractivity contribution in [2.45, 2.75) is 19.6 Å². The van der Waals surface area contributed by atoms with Gasteiger partial charge >= 0.3 is 5.97 Å². The van der Waals surface area contributed by atoms with Crippen LogP contribution in [0.15, 0.2) is 30.3 Å². The van der Waals surface area contributed by atoms with Gasteiger partial charge in [-0.05, 0) is 12.5 Å². The number of carbonyl (C=O) groups is 2. The Morgan fingerprint density at radius 1 is 1.19 bits per heavy atom. The number of amides is 1. The van der Waals surface area contributed by atoms with E-state index < -0.39 is 12.1 Å². The van der Waals surface area contributed by atoms with Gasteiger partial charge in [0.2, 0.25) is 0 Å². The number of hydrogen-bond donors (Lipinski definition) is 1. The maximum Gasteiger partial charge on any atom is 0.359 e. The number of hydrogen-bond acceptors (Lipinski definition) is 5. The molecule has 6 nitrogen and oxygen atoms in total. The first-order valence-corrected chi connectivity index (χ1v) is 8.65. The normalized spacial score (nSPS) is 11.7. The first-order chi connectivity index (χ1) is 12.2. The van der Waals surface area contributed by atoms with Crippen LogP contribution in [0.4, 0.5) is 5.69 Å². The fraction of sp³-hybridized carbons (Fsp3) is 0.235. The standard InChI is InChI=1S/C17H16Cl3N3O3/c1-9(16(24)23(2)8-10-6-4-3-5-7-10)26-17(25)14-11(18)13(21)12(19)15(20)22-14/h3-7,9H,8H2,1-2H3,(H2,21,22). The lowest BCUT2D eigenvalue weighted by molar-refractivity contribution is -0.139. The average Bonchev–Trinajstić information content (AvgIpc) is 2.62. The summed E-state index contributed by atoms with van der Waals surface area (Å²) in [5.74, 6) is -1.31. The molecule has 0 radical (unpaired) electrons. The highest BCUT2D eigenvalue weighted by atomic mass is 35.5. The number of esters is 1. The van der Waals surface area contributed by atoms with Crippen molar-refractivity contribution >= 4 is 52.4 Å². The van der Waals surface area contributed by atoms with E-state index in [-0.39, 0.29) is 32.5 Å². The lowest BCUT2D eigenvalue weighted by Gasteiger charge is -2.21. The van der Waals surface area contributed by atoms with E-state index in [2.05, 4.69) is 4.98 Å². The van der Waals surface area contributed by atoms with Gasteiger partial charge in [-0.1, -0.05) is 65.1 Å². The Kier molecular flexibility index (Phi) is 6.69. The molecule has 1 atom stereocenters. The number of aromatic nitrogens is 1. The topological polar surface area (TPSA) is 85.5 Å². The molecule has 0 fully saturated rings. The minimum atomic E-state index is -1.05. The number of likely N-dealkylation sites (N-methyl/N-ethyl adjacent to an activating group) is 1. The molecule has 0 aliphatic heterocycles. The van der Waals surface area contributed by atoms with Crippen molar-refractivity contribution in [3.05, 3.63) is 56.8 Å². The van der Waals surface area contributed by atoms with Crippen molar-refractivity contribution in [1.29, 1.82) is 0 Å². The van der Waals surface area contributed by atoms with Gasteiger partial charge < -0.3 is 15.4 Å². The third-order valence-corrected chi connectivity index (χ3v) is 4.67. The molecule has 1 aromatic carbocycles. The van der Waals surface area contributed by atoms with E-state index in [1.165, 1.54) is 11.8 Å². The van der Waals surface area contributed by atoms with Crippen LogP contribution < -0.4 is 5.73 Å². The van der Waals surface area contributed by atoms with Crippen molar-refractivity contribution in [1.82, 2.24) is 9.88 Å². The largest absolute Gasteiger partial charge is 0.448 e. The molecule has 1 aromatic heterocycles. The molecule has 0 bridgehead atoms. The number of nitrogens with two attached hydrogens (primary N) is 1. The number of carbonyl (C=O) groups excluding carboxylic acids is 2. The minimum absolute atomic E-state index is 0.0556. The van der Waals surface area contributed by atoms with Crippen molar-refractivity contribution in [3.8, 4) is 0 Å². The monoisotopic (exact) mass is 415 g/mol. The van der Waals surface area contributed by atoms with E-state index in [0.717, 1.165) is 5.56 Å². The number of halogens is 3. The van der Waals surface area contributed by atoms with Gasteiger partial charge in [0.1, 0.15) is 5.02 Å². The zero-order valence-electron chi connectivity index (χ0n) is 14.0. The van der Waals surface area contributed by atoms with E-state index in [0.29, 0.717) is 6.54 Å². The van der Waals surface area contributed by atoms with Gasteiger partial charge in [-0.25, -0.2) is 9.78 Å². The Morgan fingerprint density at radius 3 is 2.42 bits per heavy atom. The van der Waals surface area contributed by atoms with Crippen molar-refractivity contribution in [2.24, 2.45) is 0 Å². The van der Waals surface area contributed by atoms with E-state index in [4.69, 9.17) is 45.3 Å². The minimum Gasteiger partial charge on any atom is -0.448 e. The van der Waals surface area contributed by atoms with E-state index >= 15 is 0 Å². The van der Waals surface area contributed by atoms with Crippen molar-refractivity contribution in [2.75, 3.05) is 12.8 Å². The maximum absolute atomic E-state index is 12.4. The van der Waals surface area contributed by atoms with Gasteiger partial charge in [0.25, 0.3) is 5.91 Å². The number of nitrogen functional groups attached to an aromatic ring is 1. The summed E-state index contributed by atoms with van der Waals surface area (Å²) in [4.78, 5) is 29.9. The van der Waals surface area contributed by atoms with Crippen molar-refractivity contribution < 1.29 is 14.3 Å². The molecule has 0 saturated carbocycles. The molecular weight excluding hydrogens is 401 g/mol. The molecule has 0 aliphatic rings. The van der Waals surface area contributed by atoms with Crippen LogP contribution in [0.5, 0.6) is 0 Å². The number of benzene rings is 1. The highest BCUT2D eigenvalue weighted by Gasteiger charge is 2.26. The molecule has 1 unspecified atom stereocenters. The molecule has 1 heterocycles. The van der Waals surface area contributed by atoms with Gasteiger partial charge in [-0.15, -0.1) is 0 Å². The quantitative estimate of drug-likeness (QED) is 0.591. The molecule has 9 heteroatoms. The maximum atomic E-state index is 12.4. The molecule has 2 N–H and O–H groups in total. The van der Waals surface area contributed by atoms with E-state index in [1.807, 2.05) is 30.3 Å². The molecule has 0 spiro atoms. The lowest BCUT2D eigenvalue weighted by Crippen LogP contribution is -2.37. The number of pyridine rings is 1. The summed E-state index contributed by atoms with van der Waals surface area (Å²) in [6.45, 7) is 1.83. The van der Waals surface area contributed by atoms with E-state index in [9.17, 15) is 9.59 Å². The molecular formula is C17H16Cl3N3O3. The summed E-state index contributed by atoms with van der Waals surface area (Å²) >= 11 is 17.6. The lowest BCUT2D eigenvalue weighted by atomic mass is 10.2. The summed E-state index contributed by atoms with van der Waals surface area (Å²) in [5.41, 5.74) is 6.24. The highest BCUT2D eigenvalue weighted by Crippen LogP contribution is 2.34. The fourth-order valence-electron chi connectivity index (χ4n) is 2.18. The molecule has 0 saturated heterocycles. The second-order valence-electron chi connectivity index (χ2n) is 5.52. The third-order valence-electron chi connectivity index (χ3n) is 3.54. The Hall–Kier alpha value is -2.02. The fourth-order valence-corrected chi connectivity index (χ4v) is 2.76. The number of anilines is 1. The third kappa shape index (κ3) is 4.58. The van der Waals surface area contributed by atoms with Crippen LogP contribution in [0.3, 0.4) is 0 Å². The molecule has 1 amide bonds. The van der Waals surface area contributed by atoms with Crippen LogP contribution in [0.25, 0.3) is 0 Å². The Labute approximate surface area is 165 Å². The second-order valence-corrected chi connectivity index (χ2v) is 6.63. The van der Waals surface area contributed by atoms with Gasteiger partial charge in [-0.3, -0.25) is 4.79 Å². The molecule has 138 valence electrons. The summed E-state index contributed by atoms with van der Waals surface area (Å²) in [5, 5.41) is -0.415. The first-order valence-electron chi connectivity index (χ1n) is 7.52. The molecule has 2 rings (SSSR count).